The first-order valence-electron chi connectivity index (χ1n) is 6.68. The zero-order chi connectivity index (χ0) is 14.2. The van der Waals surface area contributed by atoms with Gasteiger partial charge in [0.2, 0.25) is 5.79 Å². The van der Waals surface area contributed by atoms with Gasteiger partial charge in [0.1, 0.15) is 5.78 Å². The molecule has 2 rings (SSSR count). The van der Waals surface area contributed by atoms with E-state index in [9.17, 15) is 14.7 Å². The summed E-state index contributed by atoms with van der Waals surface area (Å²) in [5.74, 6) is -2.17. The molecule has 0 aromatic carbocycles. The van der Waals surface area contributed by atoms with E-state index in [1.54, 1.807) is 6.92 Å². The summed E-state index contributed by atoms with van der Waals surface area (Å²) in [4.78, 5) is 23.8. The molecule has 0 bridgehead atoms. The van der Waals surface area contributed by atoms with Crippen molar-refractivity contribution in [3.8, 4) is 0 Å². The van der Waals surface area contributed by atoms with Gasteiger partial charge in [-0.15, -0.1) is 0 Å². The van der Waals surface area contributed by atoms with Crippen molar-refractivity contribution in [2.24, 2.45) is 5.92 Å². The van der Waals surface area contributed by atoms with Gasteiger partial charge < -0.3 is 9.84 Å². The molecule has 0 saturated carbocycles. The van der Waals surface area contributed by atoms with Crippen molar-refractivity contribution in [1.82, 2.24) is 0 Å². The van der Waals surface area contributed by atoms with Gasteiger partial charge in [-0.3, -0.25) is 4.79 Å². The number of carbonyl (C=O) groups excluding carboxylic acids is 2. The maximum Gasteiger partial charge on any atom is 0.336 e. The minimum atomic E-state index is -1.63. The minimum Gasteiger partial charge on any atom is -0.425 e. The van der Waals surface area contributed by atoms with Crippen LogP contribution in [0, 0.1) is 5.92 Å². The Hall–Kier alpha value is -1.42. The van der Waals surface area contributed by atoms with Crippen LogP contribution in [-0.2, 0) is 14.3 Å². The molecule has 2 atom stereocenters. The number of hydrogen-bond acceptors (Lipinski definition) is 4. The molecule has 0 aromatic rings. The lowest BCUT2D eigenvalue weighted by Gasteiger charge is -2.27. The fraction of sp³-hybridized carbons (Fsp3) is 0.600. The SMILES string of the molecule is CC1=CCC[C@H](C)C(=O)CC2=C(C)C(=O)O[C@@]2(O)C1. The maximum atomic E-state index is 12.1. The summed E-state index contributed by atoms with van der Waals surface area (Å²) in [6.45, 7) is 5.41. The highest BCUT2D eigenvalue weighted by molar-refractivity contribution is 5.95. The molecule has 19 heavy (non-hydrogen) atoms. The van der Waals surface area contributed by atoms with Crippen LogP contribution in [0.25, 0.3) is 0 Å². The first kappa shape index (κ1) is 14.0. The van der Waals surface area contributed by atoms with Gasteiger partial charge in [0, 0.05) is 29.9 Å². The van der Waals surface area contributed by atoms with Crippen LogP contribution in [0.2, 0.25) is 0 Å². The van der Waals surface area contributed by atoms with Crippen LogP contribution >= 0.6 is 0 Å². The average molecular weight is 264 g/mol. The first-order chi connectivity index (χ1) is 8.83. The summed E-state index contributed by atoms with van der Waals surface area (Å²) < 4.78 is 5.10. The van der Waals surface area contributed by atoms with Crippen LogP contribution in [-0.4, -0.2) is 22.6 Å². The molecular weight excluding hydrogens is 244 g/mol. The molecule has 1 N–H and O–H groups in total. The Bertz CT molecular complexity index is 486. The fourth-order valence-corrected chi connectivity index (χ4v) is 2.66. The van der Waals surface area contributed by atoms with Crippen LogP contribution in [0.4, 0.5) is 0 Å². The minimum absolute atomic E-state index is 0.0547. The van der Waals surface area contributed by atoms with Gasteiger partial charge in [0.05, 0.1) is 0 Å². The number of carbonyl (C=O) groups is 2. The summed E-state index contributed by atoms with van der Waals surface area (Å²) in [6.07, 6.45) is 3.96. The molecular formula is C15H20O4. The van der Waals surface area contributed by atoms with E-state index in [2.05, 4.69) is 0 Å². The smallest absolute Gasteiger partial charge is 0.336 e. The highest BCUT2D eigenvalue weighted by Gasteiger charge is 2.45. The number of hydrogen-bond donors (Lipinski definition) is 1. The van der Waals surface area contributed by atoms with Crippen LogP contribution in [0.3, 0.4) is 0 Å². The molecule has 1 aliphatic carbocycles. The van der Waals surface area contributed by atoms with Crippen LogP contribution < -0.4 is 0 Å². The van der Waals surface area contributed by atoms with Gasteiger partial charge in [-0.1, -0.05) is 18.6 Å². The zero-order valence-corrected chi connectivity index (χ0v) is 11.7. The zero-order valence-electron chi connectivity index (χ0n) is 11.7. The van der Waals surface area contributed by atoms with Crippen LogP contribution in [0.15, 0.2) is 22.8 Å². The third kappa shape index (κ3) is 2.63. The number of allylic oxidation sites excluding steroid dienone is 1. The van der Waals surface area contributed by atoms with E-state index in [1.807, 2.05) is 19.9 Å². The number of aliphatic hydroxyl groups is 1. The Labute approximate surface area is 113 Å². The predicted molar refractivity (Wildman–Crippen MR) is 70.1 cm³/mol. The number of Topliss-reactive ketones (excluding diaryl/α,β-unsaturated/α-hetero) is 1. The Morgan fingerprint density at radius 3 is 2.74 bits per heavy atom. The number of rotatable bonds is 0. The molecule has 0 spiro atoms. The summed E-state index contributed by atoms with van der Waals surface area (Å²) in [5, 5.41) is 10.6. The van der Waals surface area contributed by atoms with Gasteiger partial charge in [-0.2, -0.15) is 0 Å². The van der Waals surface area contributed by atoms with Gasteiger partial charge in [-0.25, -0.2) is 4.79 Å². The lowest BCUT2D eigenvalue weighted by molar-refractivity contribution is -0.181. The molecule has 2 aliphatic rings. The summed E-state index contributed by atoms with van der Waals surface area (Å²) in [6, 6.07) is 0. The van der Waals surface area contributed by atoms with Crippen molar-refractivity contribution < 1.29 is 19.4 Å². The number of ketones is 1. The third-order valence-electron chi connectivity index (χ3n) is 4.00. The lowest BCUT2D eigenvalue weighted by atomic mass is 9.86. The largest absolute Gasteiger partial charge is 0.425 e. The highest BCUT2D eigenvalue weighted by Crippen LogP contribution is 2.39. The van der Waals surface area contributed by atoms with E-state index in [4.69, 9.17) is 4.74 Å². The van der Waals surface area contributed by atoms with E-state index >= 15 is 0 Å². The molecule has 0 saturated heterocycles. The molecule has 0 amide bonds. The number of ether oxygens (including phenoxy) is 1. The van der Waals surface area contributed by atoms with E-state index in [0.29, 0.717) is 11.1 Å². The molecule has 0 aromatic heterocycles. The monoisotopic (exact) mass is 264 g/mol. The second-order valence-corrected chi connectivity index (χ2v) is 5.63. The molecule has 1 aliphatic heterocycles. The third-order valence-corrected chi connectivity index (χ3v) is 4.00. The van der Waals surface area contributed by atoms with Crippen LogP contribution in [0.5, 0.6) is 0 Å². The van der Waals surface area contributed by atoms with Gasteiger partial charge in [0.25, 0.3) is 0 Å². The second kappa shape index (κ2) is 4.93. The fourth-order valence-electron chi connectivity index (χ4n) is 2.66. The Morgan fingerprint density at radius 1 is 1.37 bits per heavy atom. The molecule has 0 unspecified atom stereocenters. The van der Waals surface area contributed by atoms with Gasteiger partial charge in [0.15, 0.2) is 0 Å². The lowest BCUT2D eigenvalue weighted by Crippen LogP contribution is -2.34. The number of esters is 1. The topological polar surface area (TPSA) is 63.6 Å². The second-order valence-electron chi connectivity index (χ2n) is 5.63. The molecule has 4 nitrogen and oxygen atoms in total. The number of fused-ring (bicyclic) bond motifs is 1. The van der Waals surface area contributed by atoms with Crippen molar-refractivity contribution in [2.45, 2.75) is 52.2 Å². The summed E-state index contributed by atoms with van der Waals surface area (Å²) >= 11 is 0. The Balaban J connectivity index is 2.42. The van der Waals surface area contributed by atoms with Crippen molar-refractivity contribution >= 4 is 11.8 Å². The molecule has 104 valence electrons. The quantitative estimate of drug-likeness (QED) is 0.538. The summed E-state index contributed by atoms with van der Waals surface area (Å²) in [7, 11) is 0. The van der Waals surface area contributed by atoms with Gasteiger partial charge in [-0.05, 0) is 26.7 Å². The normalized spacial score (nSPS) is 32.8. The van der Waals surface area contributed by atoms with E-state index in [1.165, 1.54) is 0 Å². The Morgan fingerprint density at radius 2 is 2.05 bits per heavy atom. The maximum absolute atomic E-state index is 12.1. The van der Waals surface area contributed by atoms with Crippen molar-refractivity contribution in [1.29, 1.82) is 0 Å². The van der Waals surface area contributed by atoms with Crippen LogP contribution in [0.1, 0.15) is 46.5 Å². The average Bonchev–Trinajstić information content (AvgIpc) is 2.51. The standard InChI is InChI=1S/C15H20O4/c1-9-5-4-6-10(2)13(16)7-12-11(3)14(17)19-15(12,18)8-9/h5,10,18H,4,6-8H2,1-3H3/t10-,15-/m0/s1. The highest BCUT2D eigenvalue weighted by atomic mass is 16.7. The Kier molecular flexibility index (Phi) is 3.63. The van der Waals surface area contributed by atoms with Crippen molar-refractivity contribution in [2.75, 3.05) is 0 Å². The molecule has 1 heterocycles. The first-order valence-corrected chi connectivity index (χ1v) is 6.68. The van der Waals surface area contributed by atoms with E-state index in [-0.39, 0.29) is 24.5 Å². The molecule has 0 fully saturated rings. The predicted octanol–water partition coefficient (Wildman–Crippen LogP) is 2.27. The molecule has 4 heteroatoms. The van der Waals surface area contributed by atoms with E-state index in [0.717, 1.165) is 18.4 Å². The van der Waals surface area contributed by atoms with Crippen molar-refractivity contribution in [3.05, 3.63) is 22.8 Å². The van der Waals surface area contributed by atoms with E-state index < -0.39 is 11.8 Å². The van der Waals surface area contributed by atoms with Crippen molar-refractivity contribution in [3.63, 3.8) is 0 Å². The van der Waals surface area contributed by atoms with Gasteiger partial charge >= 0.3 is 5.97 Å². The molecule has 0 radical (unpaired) electrons. The summed E-state index contributed by atoms with van der Waals surface area (Å²) in [5.41, 5.74) is 1.78.